The molecule has 0 radical (unpaired) electrons. The van der Waals surface area contributed by atoms with Crippen molar-refractivity contribution in [2.75, 3.05) is 20.3 Å². The van der Waals surface area contributed by atoms with Crippen LogP contribution in [0.1, 0.15) is 16.8 Å². The van der Waals surface area contributed by atoms with E-state index in [1.54, 1.807) is 0 Å². The second kappa shape index (κ2) is 6.61. The molecule has 18 heavy (non-hydrogen) atoms. The Labute approximate surface area is 104 Å². The predicted octanol–water partition coefficient (Wildman–Crippen LogP) is 0.0821. The van der Waals surface area contributed by atoms with Crippen molar-refractivity contribution in [1.82, 2.24) is 5.32 Å². The van der Waals surface area contributed by atoms with Crippen LogP contribution in [0.25, 0.3) is 0 Å². The van der Waals surface area contributed by atoms with Crippen LogP contribution in [0.2, 0.25) is 0 Å². The Morgan fingerprint density at radius 1 is 1.39 bits per heavy atom. The summed E-state index contributed by atoms with van der Waals surface area (Å²) in [7, 11) is 1.37. The highest BCUT2D eigenvalue weighted by Crippen LogP contribution is 2.26. The average molecular weight is 253 g/mol. The minimum atomic E-state index is -0.457. The topological polar surface area (TPSA) is 95.9 Å². The minimum absolute atomic E-state index is 0.0706. The van der Waals surface area contributed by atoms with Gasteiger partial charge in [0.05, 0.1) is 20.1 Å². The number of phenolic OH excluding ortho intramolecular Hbond substituents is 1. The molecule has 1 rings (SSSR count). The first kappa shape index (κ1) is 14.0. The Kier molecular flexibility index (Phi) is 5.13. The van der Waals surface area contributed by atoms with Crippen molar-refractivity contribution in [3.8, 4) is 11.5 Å². The molecule has 0 aliphatic heterocycles. The van der Waals surface area contributed by atoms with Gasteiger partial charge in [-0.3, -0.25) is 9.59 Å². The fourth-order valence-electron chi connectivity index (χ4n) is 1.36. The number of nitrogens with one attached hydrogen (secondary N) is 1. The highest BCUT2D eigenvalue weighted by Gasteiger charge is 2.13. The Morgan fingerprint density at radius 3 is 2.72 bits per heavy atom. The molecule has 6 heteroatoms. The number of ketones is 1. The van der Waals surface area contributed by atoms with Gasteiger partial charge in [0.15, 0.2) is 17.3 Å². The molecule has 1 amide bonds. The van der Waals surface area contributed by atoms with Gasteiger partial charge >= 0.3 is 0 Å². The first-order valence-electron chi connectivity index (χ1n) is 5.36. The van der Waals surface area contributed by atoms with Gasteiger partial charge in [-0.05, 0) is 18.2 Å². The van der Waals surface area contributed by atoms with E-state index in [0.29, 0.717) is 0 Å². The van der Waals surface area contributed by atoms with Crippen molar-refractivity contribution in [3.63, 3.8) is 0 Å². The van der Waals surface area contributed by atoms with Crippen molar-refractivity contribution >= 4 is 11.7 Å². The van der Waals surface area contributed by atoms with Crippen LogP contribution in [0.3, 0.4) is 0 Å². The maximum atomic E-state index is 11.7. The summed E-state index contributed by atoms with van der Waals surface area (Å²) < 4.78 is 4.87. The third-order valence-corrected chi connectivity index (χ3v) is 2.26. The number of carbonyl (C=O) groups is 2. The van der Waals surface area contributed by atoms with Crippen molar-refractivity contribution in [2.24, 2.45) is 0 Å². The van der Waals surface area contributed by atoms with E-state index >= 15 is 0 Å². The van der Waals surface area contributed by atoms with E-state index in [1.807, 2.05) is 0 Å². The molecule has 0 saturated carbocycles. The summed E-state index contributed by atoms with van der Waals surface area (Å²) in [6.45, 7) is -0.0576. The standard InChI is InChI=1S/C12H15NO5/c1-18-11-6-8(2-3-9(11)15)10(16)7-12(17)13-4-5-14/h2-3,6,14-15H,4-5,7H2,1H3,(H,13,17). The number of phenols is 1. The molecule has 0 bridgehead atoms. The van der Waals surface area contributed by atoms with Crippen LogP contribution in [0.15, 0.2) is 18.2 Å². The average Bonchev–Trinajstić information content (AvgIpc) is 2.36. The fourth-order valence-corrected chi connectivity index (χ4v) is 1.36. The van der Waals surface area contributed by atoms with E-state index in [9.17, 15) is 14.7 Å². The lowest BCUT2D eigenvalue weighted by atomic mass is 10.1. The molecule has 0 fully saturated rings. The van der Waals surface area contributed by atoms with E-state index in [0.717, 1.165) is 0 Å². The van der Waals surface area contributed by atoms with Gasteiger partial charge in [0.25, 0.3) is 0 Å². The maximum absolute atomic E-state index is 11.7. The number of benzene rings is 1. The number of methoxy groups -OCH3 is 1. The fraction of sp³-hybridized carbons (Fsp3) is 0.333. The van der Waals surface area contributed by atoms with Crippen LogP contribution >= 0.6 is 0 Å². The van der Waals surface area contributed by atoms with Crippen LogP contribution < -0.4 is 10.1 Å². The zero-order chi connectivity index (χ0) is 13.5. The predicted molar refractivity (Wildman–Crippen MR) is 63.7 cm³/mol. The number of Topliss-reactive ketones (excluding diaryl/α,β-unsaturated/α-hetero) is 1. The lowest BCUT2D eigenvalue weighted by molar-refractivity contribution is -0.120. The van der Waals surface area contributed by atoms with Gasteiger partial charge in [-0.25, -0.2) is 0 Å². The summed E-state index contributed by atoms with van der Waals surface area (Å²) in [6, 6.07) is 4.12. The normalized spacial score (nSPS) is 9.89. The smallest absolute Gasteiger partial charge is 0.227 e. The highest BCUT2D eigenvalue weighted by molar-refractivity contribution is 6.07. The zero-order valence-corrected chi connectivity index (χ0v) is 9.97. The number of aliphatic hydroxyl groups is 1. The van der Waals surface area contributed by atoms with Crippen LogP contribution in [0.4, 0.5) is 0 Å². The largest absolute Gasteiger partial charge is 0.504 e. The molecule has 0 spiro atoms. The van der Waals surface area contributed by atoms with Gasteiger partial charge in [0, 0.05) is 12.1 Å². The van der Waals surface area contributed by atoms with Crippen molar-refractivity contribution in [1.29, 1.82) is 0 Å². The highest BCUT2D eigenvalue weighted by atomic mass is 16.5. The Morgan fingerprint density at radius 2 is 2.11 bits per heavy atom. The van der Waals surface area contributed by atoms with Gasteiger partial charge in [-0.2, -0.15) is 0 Å². The molecule has 0 atom stereocenters. The Bertz CT molecular complexity index is 444. The number of carbonyl (C=O) groups excluding carboxylic acids is 2. The quantitative estimate of drug-likeness (QED) is 0.493. The molecule has 98 valence electrons. The number of aromatic hydroxyl groups is 1. The molecular weight excluding hydrogens is 238 g/mol. The molecule has 0 aliphatic rings. The van der Waals surface area contributed by atoms with Crippen LogP contribution in [-0.4, -0.2) is 42.2 Å². The van der Waals surface area contributed by atoms with E-state index in [4.69, 9.17) is 9.84 Å². The van der Waals surface area contributed by atoms with Gasteiger partial charge in [-0.15, -0.1) is 0 Å². The first-order chi connectivity index (χ1) is 8.58. The summed E-state index contributed by atoms with van der Waals surface area (Å²) in [5.74, 6) is -0.736. The van der Waals surface area contributed by atoms with Gasteiger partial charge in [0.1, 0.15) is 0 Å². The van der Waals surface area contributed by atoms with Gasteiger partial charge in [-0.1, -0.05) is 0 Å². The maximum Gasteiger partial charge on any atom is 0.227 e. The Hall–Kier alpha value is -2.08. The lowest BCUT2D eigenvalue weighted by Gasteiger charge is -2.06. The molecular formula is C12H15NO5. The summed E-state index contributed by atoms with van der Waals surface area (Å²) >= 11 is 0. The molecule has 0 aromatic heterocycles. The molecule has 0 heterocycles. The number of hydrogen-bond donors (Lipinski definition) is 3. The molecule has 0 aliphatic carbocycles. The third kappa shape index (κ3) is 3.74. The molecule has 1 aromatic rings. The summed E-state index contributed by atoms with van der Waals surface area (Å²) in [5, 5.41) is 20.3. The number of amides is 1. The molecule has 3 N–H and O–H groups in total. The van der Waals surface area contributed by atoms with E-state index < -0.39 is 5.91 Å². The van der Waals surface area contributed by atoms with E-state index in [1.165, 1.54) is 25.3 Å². The molecule has 1 aromatic carbocycles. The monoisotopic (exact) mass is 253 g/mol. The van der Waals surface area contributed by atoms with Gasteiger partial charge in [0.2, 0.25) is 5.91 Å². The number of rotatable bonds is 6. The Balaban J connectivity index is 2.69. The number of hydrogen-bond acceptors (Lipinski definition) is 5. The zero-order valence-electron chi connectivity index (χ0n) is 9.97. The first-order valence-corrected chi connectivity index (χ1v) is 5.36. The summed E-state index contributed by atoms with van der Waals surface area (Å²) in [6.07, 6.45) is -0.312. The van der Waals surface area contributed by atoms with Crippen molar-refractivity contribution < 1.29 is 24.5 Å². The lowest BCUT2D eigenvalue weighted by Crippen LogP contribution is -2.28. The van der Waals surface area contributed by atoms with E-state index in [-0.39, 0.29) is 42.4 Å². The van der Waals surface area contributed by atoms with Crippen molar-refractivity contribution in [3.05, 3.63) is 23.8 Å². The van der Waals surface area contributed by atoms with Crippen molar-refractivity contribution in [2.45, 2.75) is 6.42 Å². The second-order valence-electron chi connectivity index (χ2n) is 3.56. The van der Waals surface area contributed by atoms with E-state index in [2.05, 4.69) is 5.32 Å². The minimum Gasteiger partial charge on any atom is -0.504 e. The SMILES string of the molecule is COc1cc(C(=O)CC(=O)NCCO)ccc1O. The van der Waals surface area contributed by atoms with Gasteiger partial charge < -0.3 is 20.3 Å². The van der Waals surface area contributed by atoms with Crippen LogP contribution in [-0.2, 0) is 4.79 Å². The number of aliphatic hydroxyl groups excluding tert-OH is 1. The molecule has 0 saturated heterocycles. The number of ether oxygens (including phenoxy) is 1. The van der Waals surface area contributed by atoms with Crippen LogP contribution in [0.5, 0.6) is 11.5 Å². The summed E-state index contributed by atoms with van der Waals surface area (Å²) in [5.41, 5.74) is 0.281. The summed E-state index contributed by atoms with van der Waals surface area (Å²) in [4.78, 5) is 23.0. The molecule has 0 unspecified atom stereocenters. The molecule has 6 nitrogen and oxygen atoms in total. The third-order valence-electron chi connectivity index (χ3n) is 2.26. The second-order valence-corrected chi connectivity index (χ2v) is 3.56. The van der Waals surface area contributed by atoms with Crippen LogP contribution in [0, 0.1) is 0 Å².